The predicted molar refractivity (Wildman–Crippen MR) is 133 cm³/mol. The zero-order chi connectivity index (χ0) is 22.4. The van der Waals surface area contributed by atoms with Crippen LogP contribution in [0.2, 0.25) is 0 Å². The van der Waals surface area contributed by atoms with Gasteiger partial charge in [0.15, 0.2) is 0 Å². The quantitative estimate of drug-likeness (QED) is 0.208. The molecule has 0 fully saturated rings. The van der Waals surface area contributed by atoms with E-state index >= 15 is 0 Å². The Balaban J connectivity index is 0.000000225. The largest absolute Gasteiger partial charge is 0.305 e. The van der Waals surface area contributed by atoms with Crippen molar-refractivity contribution in [3.05, 3.63) is 134 Å². The van der Waals surface area contributed by atoms with Gasteiger partial charge in [0.2, 0.25) is 0 Å². The van der Waals surface area contributed by atoms with Crippen molar-refractivity contribution in [1.29, 1.82) is 1.12 Å². The average molecular weight is 612 g/mol. The Kier molecular flexibility index (Phi) is 9.88. The number of benzene rings is 3. The first-order valence-corrected chi connectivity index (χ1v) is 9.77. The number of nitrogens with zero attached hydrogens (tertiary/aromatic N) is 2. The standard InChI is InChI=1S/C17H12N.C11H8N.Ir.H2S/c1-3-7-14(8-4-1)16-11-12-18-17(13-16)15-9-5-2-6-10-15;1-2-6-10(7-3-1)11-8-4-5-9-12-11;;/h1-9,11-13H;1-6,8-9H;;1H2/q2*-1;;/i/hD. The molecule has 2 heterocycles. The molecule has 0 N–H and O–H groups in total. The topological polar surface area (TPSA) is 25.8 Å². The Hall–Kier alpha value is -3.04. The second-order valence-corrected chi connectivity index (χ2v) is 6.56. The average Bonchev–Trinajstić information content (AvgIpc) is 2.92. The molecular formula is C28H22IrN2S-2. The van der Waals surface area contributed by atoms with Crippen LogP contribution in [0.3, 0.4) is 0 Å². The zero-order valence-electron chi connectivity index (χ0n) is 18.2. The van der Waals surface area contributed by atoms with Crippen molar-refractivity contribution in [3.8, 4) is 33.6 Å². The van der Waals surface area contributed by atoms with E-state index in [1.165, 1.54) is 11.1 Å². The molecule has 0 unspecified atom stereocenters. The van der Waals surface area contributed by atoms with Crippen LogP contribution in [0.1, 0.15) is 0 Å². The summed E-state index contributed by atoms with van der Waals surface area (Å²) in [6, 6.07) is 42.4. The van der Waals surface area contributed by atoms with Crippen LogP contribution in [0, 0.1) is 12.1 Å². The smallest absolute Gasteiger partial charge is 0.0985 e. The first kappa shape index (κ1) is 23.6. The Morgan fingerprint density at radius 2 is 1.16 bits per heavy atom. The number of aromatic nitrogens is 2. The summed E-state index contributed by atoms with van der Waals surface area (Å²) in [5, 5.41) is 0. The monoisotopic (exact) mass is 612 g/mol. The molecule has 4 heteroatoms. The van der Waals surface area contributed by atoms with Crippen LogP contribution in [0.5, 0.6) is 0 Å². The third-order valence-corrected chi connectivity index (χ3v) is 4.50. The van der Waals surface area contributed by atoms with Gasteiger partial charge in [0.25, 0.3) is 0 Å². The van der Waals surface area contributed by atoms with Gasteiger partial charge >= 0.3 is 0 Å². The second-order valence-electron chi connectivity index (χ2n) is 6.56. The fraction of sp³-hybridized carbons (Fsp3) is 0. The van der Waals surface area contributed by atoms with Crippen LogP contribution in [0.15, 0.2) is 122 Å². The van der Waals surface area contributed by atoms with E-state index in [1.54, 1.807) is 6.20 Å². The summed E-state index contributed by atoms with van der Waals surface area (Å²) in [7, 11) is 0. The molecule has 5 rings (SSSR count). The summed E-state index contributed by atoms with van der Waals surface area (Å²) in [6.07, 6.45) is 3.63. The van der Waals surface area contributed by atoms with Gasteiger partial charge in [-0.3, -0.25) is 0 Å². The molecule has 3 aromatic carbocycles. The van der Waals surface area contributed by atoms with Crippen LogP contribution in [0.4, 0.5) is 0 Å². The molecule has 0 atom stereocenters. The van der Waals surface area contributed by atoms with Gasteiger partial charge in [0.1, 0.15) is 0 Å². The van der Waals surface area contributed by atoms with Crippen molar-refractivity contribution in [2.45, 2.75) is 0 Å². The zero-order valence-corrected chi connectivity index (χ0v) is 20.5. The van der Waals surface area contributed by atoms with Crippen molar-refractivity contribution in [2.75, 3.05) is 0 Å². The number of rotatable bonds is 3. The summed E-state index contributed by atoms with van der Waals surface area (Å²) in [5.74, 6) is 0. The number of hydrogen-bond acceptors (Lipinski definition) is 2. The number of hydrogen-bond donors (Lipinski definition) is 0. The molecule has 0 spiro atoms. The summed E-state index contributed by atoms with van der Waals surface area (Å²) >= 11 is 2.78. The van der Waals surface area contributed by atoms with Gasteiger partial charge in [-0.25, -0.2) is 0 Å². The summed E-state index contributed by atoms with van der Waals surface area (Å²) in [6.45, 7) is 0. The Morgan fingerprint density at radius 1 is 0.562 bits per heavy atom. The summed E-state index contributed by atoms with van der Waals surface area (Å²) in [4.78, 5) is 8.62. The third kappa shape index (κ3) is 7.00. The van der Waals surface area contributed by atoms with Gasteiger partial charge in [-0.2, -0.15) is 13.4 Å². The first-order chi connectivity index (χ1) is 15.9. The third-order valence-electron chi connectivity index (χ3n) is 4.50. The molecule has 0 aliphatic rings. The van der Waals surface area contributed by atoms with Gasteiger partial charge in [-0.1, -0.05) is 48.5 Å². The van der Waals surface area contributed by atoms with E-state index in [1.807, 2.05) is 97.2 Å². The summed E-state index contributed by atoms with van der Waals surface area (Å²) < 4.78 is 5.44. The van der Waals surface area contributed by atoms with E-state index in [0.29, 0.717) is 0 Å². The van der Waals surface area contributed by atoms with E-state index < -0.39 is 0 Å². The van der Waals surface area contributed by atoms with Crippen LogP contribution < -0.4 is 0 Å². The fourth-order valence-corrected chi connectivity index (χ4v) is 3.02. The van der Waals surface area contributed by atoms with Crippen LogP contribution in [-0.2, 0) is 20.1 Å². The maximum Gasteiger partial charge on any atom is 0.0985 e. The molecule has 161 valence electrons. The maximum atomic E-state index is 5.44. The Morgan fingerprint density at radius 3 is 1.75 bits per heavy atom. The molecule has 2 aromatic heterocycles. The molecule has 0 saturated carbocycles. The van der Waals surface area contributed by atoms with Crippen molar-refractivity contribution >= 4 is 13.4 Å². The van der Waals surface area contributed by atoms with Crippen LogP contribution >= 0.6 is 13.4 Å². The minimum Gasteiger partial charge on any atom is -0.305 e. The van der Waals surface area contributed by atoms with Crippen molar-refractivity contribution in [3.63, 3.8) is 0 Å². The first-order valence-electron chi connectivity index (χ1n) is 10.2. The van der Waals surface area contributed by atoms with Gasteiger partial charge in [-0.05, 0) is 34.6 Å². The SMILES string of the molecule is [2H]S.[Ir].[c-]1ccccc1-c1cc(-c2ccccc2)ccn1.[c-]1ccccc1-c1ccccn1. The molecule has 2 nitrogen and oxygen atoms in total. The normalized spacial score (nSPS) is 9.59. The Bertz CT molecular complexity index is 1080. The van der Waals surface area contributed by atoms with E-state index in [2.05, 4.69) is 53.7 Å². The molecular weight excluding hydrogens is 589 g/mol. The Labute approximate surface area is 211 Å². The van der Waals surface area contributed by atoms with Crippen molar-refractivity contribution in [1.82, 2.24) is 9.97 Å². The van der Waals surface area contributed by atoms with Crippen LogP contribution in [-0.4, -0.2) is 11.1 Å². The molecule has 32 heavy (non-hydrogen) atoms. The van der Waals surface area contributed by atoms with Crippen molar-refractivity contribution < 1.29 is 20.1 Å². The molecule has 0 amide bonds. The molecule has 0 bridgehead atoms. The van der Waals surface area contributed by atoms with Crippen LogP contribution in [0.25, 0.3) is 33.6 Å². The van der Waals surface area contributed by atoms with Gasteiger partial charge < -0.3 is 9.97 Å². The second kappa shape index (κ2) is 13.4. The van der Waals surface area contributed by atoms with Crippen molar-refractivity contribution in [2.24, 2.45) is 0 Å². The molecule has 0 aliphatic heterocycles. The van der Waals surface area contributed by atoms with E-state index in [0.717, 1.165) is 22.5 Å². The molecule has 5 aromatic rings. The summed E-state index contributed by atoms with van der Waals surface area (Å²) in [5.41, 5.74) is 6.37. The minimum absolute atomic E-state index is 0. The molecule has 1 radical (unpaired) electrons. The number of pyridine rings is 2. The maximum absolute atomic E-state index is 5.44. The minimum atomic E-state index is 0. The molecule has 0 saturated heterocycles. The fourth-order valence-electron chi connectivity index (χ4n) is 3.02. The van der Waals surface area contributed by atoms with Gasteiger partial charge in [0, 0.05) is 32.5 Å². The van der Waals surface area contributed by atoms with E-state index in [-0.39, 0.29) is 20.1 Å². The van der Waals surface area contributed by atoms with Gasteiger partial charge in [0.05, 0.1) is 1.12 Å². The van der Waals surface area contributed by atoms with Gasteiger partial charge in [-0.15, -0.1) is 71.8 Å². The van der Waals surface area contributed by atoms with E-state index in [9.17, 15) is 0 Å². The van der Waals surface area contributed by atoms with E-state index in [4.69, 9.17) is 1.12 Å². The molecule has 0 aliphatic carbocycles. The predicted octanol–water partition coefficient (Wildman–Crippen LogP) is 6.87.